The molecule has 2 aromatic carbocycles. The number of ether oxygens (including phenoxy) is 1. The Morgan fingerprint density at radius 1 is 1.27 bits per heavy atom. The Bertz CT molecular complexity index is 999. The maximum atomic E-state index is 14.4. The molecule has 0 radical (unpaired) electrons. The smallest absolute Gasteiger partial charge is 0.165 e. The van der Waals surface area contributed by atoms with Crippen molar-refractivity contribution in [2.45, 2.75) is 18.4 Å². The molecule has 3 atom stereocenters. The first-order chi connectivity index (χ1) is 12.3. The molecule has 0 saturated carbocycles. The van der Waals surface area contributed by atoms with Crippen LogP contribution in [0.4, 0.5) is 18.9 Å². The van der Waals surface area contributed by atoms with Crippen LogP contribution in [0.3, 0.4) is 0 Å². The summed E-state index contributed by atoms with van der Waals surface area (Å²) in [5, 5.41) is 18.9. The number of alkyl halides is 2. The second-order valence-corrected chi connectivity index (χ2v) is 6.80. The fraction of sp³-hybridized carbons (Fsp3) is 0.235. The van der Waals surface area contributed by atoms with Gasteiger partial charge in [0.1, 0.15) is 23.4 Å². The summed E-state index contributed by atoms with van der Waals surface area (Å²) in [4.78, 5) is 0. The number of nitrogens with one attached hydrogen (secondary N) is 1. The van der Waals surface area contributed by atoms with Crippen molar-refractivity contribution in [1.29, 1.82) is 10.0 Å². The van der Waals surface area contributed by atoms with Crippen LogP contribution in [0.1, 0.15) is 29.0 Å². The molecule has 0 bridgehead atoms. The van der Waals surface area contributed by atoms with Crippen LogP contribution in [0.25, 0.3) is 0 Å². The van der Waals surface area contributed by atoms with Crippen LogP contribution in [0.5, 0.6) is 11.5 Å². The first-order valence-corrected chi connectivity index (χ1v) is 9.01. The highest BCUT2D eigenvalue weighted by molar-refractivity contribution is 7.75. The topological polar surface area (TPSA) is 89.5 Å². The van der Waals surface area contributed by atoms with Gasteiger partial charge in [0, 0.05) is 22.9 Å². The van der Waals surface area contributed by atoms with Crippen molar-refractivity contribution in [2.75, 3.05) is 6.26 Å². The Balaban J connectivity index is 2.13. The predicted octanol–water partition coefficient (Wildman–Crippen LogP) is 4.71. The summed E-state index contributed by atoms with van der Waals surface area (Å²) >= 11 is 0. The van der Waals surface area contributed by atoms with Gasteiger partial charge in [-0.2, -0.15) is 5.26 Å². The number of hydrogen-bond donors (Lipinski definition) is 2. The van der Waals surface area contributed by atoms with Crippen molar-refractivity contribution in [3.8, 4) is 17.6 Å². The predicted molar refractivity (Wildman–Crippen MR) is 89.4 cm³/mol. The molecule has 2 N–H and O–H groups in total. The van der Waals surface area contributed by atoms with Gasteiger partial charge >= 0.3 is 0 Å². The van der Waals surface area contributed by atoms with E-state index in [1.807, 2.05) is 0 Å². The van der Waals surface area contributed by atoms with Gasteiger partial charge in [0.25, 0.3) is 0 Å². The molecule has 0 saturated heterocycles. The van der Waals surface area contributed by atoms with Crippen LogP contribution in [0.2, 0.25) is 0 Å². The normalized spacial score (nSPS) is 22.7. The molecule has 5 nitrogen and oxygen atoms in total. The lowest BCUT2D eigenvalue weighted by Crippen LogP contribution is -2.09. The van der Waals surface area contributed by atoms with E-state index in [2.05, 4.69) is 4.36 Å². The minimum Gasteiger partial charge on any atom is -0.457 e. The van der Waals surface area contributed by atoms with Crippen molar-refractivity contribution >= 4 is 16.2 Å². The molecule has 136 valence electrons. The Morgan fingerprint density at radius 2 is 2.00 bits per heavy atom. The van der Waals surface area contributed by atoms with Gasteiger partial charge in [-0.15, -0.1) is 6.26 Å². The van der Waals surface area contributed by atoms with E-state index in [0.717, 1.165) is 12.1 Å². The van der Waals surface area contributed by atoms with Crippen LogP contribution < -0.4 is 4.74 Å². The quantitative estimate of drug-likeness (QED) is 0.756. The number of aliphatic hydroxyl groups is 1. The zero-order valence-electron chi connectivity index (χ0n) is 13.4. The minimum absolute atomic E-state index is 0.00713. The zero-order chi connectivity index (χ0) is 19.0. The van der Waals surface area contributed by atoms with Crippen LogP contribution in [0.15, 0.2) is 34.7 Å². The van der Waals surface area contributed by atoms with Gasteiger partial charge in [0.05, 0.1) is 11.6 Å². The van der Waals surface area contributed by atoms with Crippen molar-refractivity contribution in [3.63, 3.8) is 0 Å². The third kappa shape index (κ3) is 3.25. The Morgan fingerprint density at radius 3 is 2.65 bits per heavy atom. The van der Waals surface area contributed by atoms with E-state index >= 15 is 0 Å². The molecule has 1 aliphatic carbocycles. The molecule has 0 spiro atoms. The molecule has 0 aromatic heterocycles. The zero-order valence-corrected chi connectivity index (χ0v) is 14.2. The van der Waals surface area contributed by atoms with Gasteiger partial charge in [-0.3, -0.25) is 0 Å². The van der Waals surface area contributed by atoms with Crippen molar-refractivity contribution in [1.82, 2.24) is 0 Å². The maximum Gasteiger partial charge on any atom is 0.165 e. The summed E-state index contributed by atoms with van der Waals surface area (Å²) in [6, 6.07) is 7.74. The number of hydrogen-bond acceptors (Lipinski definition) is 6. The molecule has 0 aliphatic heterocycles. The Kier molecular flexibility index (Phi) is 4.89. The largest absolute Gasteiger partial charge is 0.457 e. The lowest BCUT2D eigenvalue weighted by molar-refractivity contribution is 0.0468. The van der Waals surface area contributed by atoms with Crippen molar-refractivity contribution in [2.24, 2.45) is 4.36 Å². The van der Waals surface area contributed by atoms with E-state index in [0.29, 0.717) is 0 Å². The summed E-state index contributed by atoms with van der Waals surface area (Å²) < 4.78 is 59.0. The number of halogens is 3. The van der Waals surface area contributed by atoms with E-state index in [-0.39, 0.29) is 33.9 Å². The lowest BCUT2D eigenvalue weighted by Gasteiger charge is -2.15. The van der Waals surface area contributed by atoms with Crippen LogP contribution in [-0.2, 0) is 10.5 Å². The number of rotatable bonds is 3. The highest BCUT2D eigenvalue weighted by Crippen LogP contribution is 2.52. The average Bonchev–Trinajstić information content (AvgIpc) is 2.81. The molecule has 2 aromatic rings. The van der Waals surface area contributed by atoms with Gasteiger partial charge in [0.15, 0.2) is 12.3 Å². The number of aliphatic hydroxyl groups excluding tert-OH is 1. The second kappa shape index (κ2) is 6.97. The summed E-state index contributed by atoms with van der Waals surface area (Å²) in [6.45, 7) is 0. The van der Waals surface area contributed by atoms with Crippen molar-refractivity contribution < 1.29 is 23.0 Å². The fourth-order valence-electron chi connectivity index (χ4n) is 2.81. The fourth-order valence-corrected chi connectivity index (χ4v) is 3.26. The average molecular weight is 380 g/mol. The van der Waals surface area contributed by atoms with Crippen molar-refractivity contribution in [3.05, 3.63) is 52.8 Å². The number of nitriles is 1. The van der Waals surface area contributed by atoms with Gasteiger partial charge < -0.3 is 29.5 Å². The Hall–Kier alpha value is -2.57. The van der Waals surface area contributed by atoms with Crippen LogP contribution >= 0.6 is 0 Å². The molecule has 1 aliphatic rings. The van der Waals surface area contributed by atoms with Crippen LogP contribution in [-0.4, -0.2) is 17.5 Å². The summed E-state index contributed by atoms with van der Waals surface area (Å²) in [5.74, 6) is -0.888. The summed E-state index contributed by atoms with van der Waals surface area (Å²) in [6.07, 6.45) is -4.60. The minimum atomic E-state index is -2.20. The molecule has 0 heterocycles. The number of benzene rings is 2. The Labute approximate surface area is 149 Å². The molecule has 9 heteroatoms. The van der Waals surface area contributed by atoms with E-state index < -0.39 is 34.8 Å². The SMILES string of the molecule is C[S-](=N)=Nc1ccc(Oc2cc(F)cc(C#N)c2)c2c1[C@H](O)C(F)C2F. The van der Waals surface area contributed by atoms with E-state index in [1.165, 1.54) is 24.5 Å². The number of nitrogens with zero attached hydrogens (tertiary/aromatic N) is 2. The third-order valence-corrected chi connectivity index (χ3v) is 4.31. The first kappa shape index (κ1) is 18.2. The molecular weight excluding hydrogens is 367 g/mol. The summed E-state index contributed by atoms with van der Waals surface area (Å²) in [5.41, 5.74) is -0.182. The third-order valence-electron chi connectivity index (χ3n) is 3.84. The number of fused-ring (bicyclic) bond motifs is 1. The summed E-state index contributed by atoms with van der Waals surface area (Å²) in [7, 11) is -1.16. The molecule has 3 rings (SSSR count). The first-order valence-electron chi connectivity index (χ1n) is 7.42. The molecule has 0 fully saturated rings. The van der Waals surface area contributed by atoms with Gasteiger partial charge in [-0.1, -0.05) is 0 Å². The molecule has 0 amide bonds. The van der Waals surface area contributed by atoms with E-state index in [4.69, 9.17) is 14.8 Å². The van der Waals surface area contributed by atoms with Gasteiger partial charge in [-0.25, -0.2) is 13.2 Å². The monoisotopic (exact) mass is 380 g/mol. The highest BCUT2D eigenvalue weighted by atomic mass is 32.2. The maximum absolute atomic E-state index is 14.4. The standard InChI is InChI=1S/C17H13F3N3O2S/c1-26(22)23-11-2-3-12(14-13(11)17(24)16(20)15(14)19)25-10-5-8(7-21)4-9(18)6-10/h2-6,15-17,22,24H,1H3/q-1/t15?,16?,17-/m0/s1. The van der Waals surface area contributed by atoms with Gasteiger partial charge in [0.2, 0.25) is 0 Å². The van der Waals surface area contributed by atoms with E-state index in [1.54, 1.807) is 6.07 Å². The van der Waals surface area contributed by atoms with Gasteiger partial charge in [-0.05, 0) is 24.3 Å². The molecule has 26 heavy (non-hydrogen) atoms. The lowest BCUT2D eigenvalue weighted by atomic mass is 10.1. The van der Waals surface area contributed by atoms with E-state index in [9.17, 15) is 18.3 Å². The molecule has 2 unspecified atom stereocenters. The van der Waals surface area contributed by atoms with Crippen LogP contribution in [0, 0.1) is 21.9 Å². The second-order valence-electron chi connectivity index (χ2n) is 5.66. The highest BCUT2D eigenvalue weighted by Gasteiger charge is 2.44. The molecular formula is C17H13F3N3O2S-.